The minimum Gasteiger partial charge on any atom is -0.306 e. The molecule has 1 amide bonds. The standard InChI is InChI=1S/C25H23F3N6O/c1-32-23(15-9-18(26)22(28)19(27)10-15)17-11-16-3-2-4-20(31-16)24(17)34(32)25(35)14-5-6-21(30-12-14)33-8-7-29-13-33/h5-10,12-13,16,20,23,31H,2-4,11H2,1H3/t16-,20+,23?/m1/s1. The van der Waals surface area contributed by atoms with Crippen molar-refractivity contribution in [1.82, 2.24) is 29.9 Å². The van der Waals surface area contributed by atoms with Crippen molar-refractivity contribution in [3.63, 3.8) is 0 Å². The van der Waals surface area contributed by atoms with E-state index in [0.29, 0.717) is 17.8 Å². The maximum absolute atomic E-state index is 14.2. The fourth-order valence-corrected chi connectivity index (χ4v) is 5.62. The number of aromatic nitrogens is 3. The molecule has 5 heterocycles. The largest absolute Gasteiger partial charge is 0.306 e. The molecular weight excluding hydrogens is 457 g/mol. The molecule has 2 aromatic heterocycles. The minimum atomic E-state index is -1.50. The summed E-state index contributed by atoms with van der Waals surface area (Å²) in [6, 6.07) is 5.07. The zero-order valence-electron chi connectivity index (χ0n) is 19.0. The Balaban J connectivity index is 1.41. The lowest BCUT2D eigenvalue weighted by atomic mass is 9.81. The van der Waals surface area contributed by atoms with E-state index in [9.17, 15) is 18.0 Å². The normalized spacial score (nSPS) is 24.1. The van der Waals surface area contributed by atoms with Crippen LogP contribution in [0.15, 0.2) is 60.5 Å². The number of benzene rings is 1. The summed E-state index contributed by atoms with van der Waals surface area (Å²) in [7, 11) is 1.72. The molecule has 6 rings (SSSR count). The molecular formula is C25H23F3N6O. The molecule has 1 N–H and O–H groups in total. The smallest absolute Gasteiger partial charge is 0.274 e. The van der Waals surface area contributed by atoms with Crippen LogP contribution in [0.3, 0.4) is 0 Å². The summed E-state index contributed by atoms with van der Waals surface area (Å²) in [6.45, 7) is 0. The van der Waals surface area contributed by atoms with Crippen molar-refractivity contribution in [3.8, 4) is 5.82 Å². The summed E-state index contributed by atoms with van der Waals surface area (Å²) >= 11 is 0. The molecule has 3 aliphatic heterocycles. The van der Waals surface area contributed by atoms with Crippen molar-refractivity contribution < 1.29 is 18.0 Å². The molecule has 1 aromatic carbocycles. The first kappa shape index (κ1) is 22.0. The van der Waals surface area contributed by atoms with Crippen molar-refractivity contribution in [2.24, 2.45) is 0 Å². The Morgan fingerprint density at radius 2 is 1.94 bits per heavy atom. The van der Waals surface area contributed by atoms with Gasteiger partial charge in [0.05, 0.1) is 17.3 Å². The molecule has 3 aliphatic rings. The molecule has 3 atom stereocenters. The average molecular weight is 480 g/mol. The Morgan fingerprint density at radius 1 is 1.14 bits per heavy atom. The van der Waals surface area contributed by atoms with Gasteiger partial charge in [0.15, 0.2) is 17.5 Å². The predicted molar refractivity (Wildman–Crippen MR) is 121 cm³/mol. The molecule has 0 aliphatic carbocycles. The quantitative estimate of drug-likeness (QED) is 0.576. The highest BCUT2D eigenvalue weighted by atomic mass is 19.2. The van der Waals surface area contributed by atoms with E-state index >= 15 is 0 Å². The highest BCUT2D eigenvalue weighted by Crippen LogP contribution is 2.47. The van der Waals surface area contributed by atoms with Crippen LogP contribution in [0.4, 0.5) is 13.2 Å². The molecule has 180 valence electrons. The number of hydrazine groups is 1. The van der Waals surface area contributed by atoms with Gasteiger partial charge in [-0.15, -0.1) is 0 Å². The Hall–Kier alpha value is -3.50. The van der Waals surface area contributed by atoms with Gasteiger partial charge in [0.1, 0.15) is 12.1 Å². The van der Waals surface area contributed by atoms with E-state index in [4.69, 9.17) is 0 Å². The summed E-state index contributed by atoms with van der Waals surface area (Å²) in [5.74, 6) is -3.65. The molecule has 0 spiro atoms. The second-order valence-electron chi connectivity index (χ2n) is 9.23. The number of nitrogens with zero attached hydrogens (tertiary/aromatic N) is 5. The van der Waals surface area contributed by atoms with Crippen molar-refractivity contribution in [2.45, 2.75) is 43.8 Å². The number of carbonyl (C=O) groups is 1. The van der Waals surface area contributed by atoms with Crippen LogP contribution in [0, 0.1) is 17.5 Å². The molecule has 7 nitrogen and oxygen atoms in total. The number of hydrogen-bond acceptors (Lipinski definition) is 5. The summed E-state index contributed by atoms with van der Waals surface area (Å²) in [6.07, 6.45) is 10.0. The lowest BCUT2D eigenvalue weighted by Crippen LogP contribution is -2.51. The second kappa shape index (κ2) is 8.31. The number of piperidine rings is 1. The van der Waals surface area contributed by atoms with Gasteiger partial charge in [-0.1, -0.05) is 0 Å². The monoisotopic (exact) mass is 480 g/mol. The van der Waals surface area contributed by atoms with Gasteiger partial charge < -0.3 is 5.32 Å². The van der Waals surface area contributed by atoms with E-state index in [2.05, 4.69) is 15.3 Å². The zero-order chi connectivity index (χ0) is 24.3. The molecule has 1 unspecified atom stereocenters. The van der Waals surface area contributed by atoms with Crippen molar-refractivity contribution in [3.05, 3.63) is 89.0 Å². The van der Waals surface area contributed by atoms with Gasteiger partial charge in [0, 0.05) is 37.7 Å². The molecule has 3 aromatic rings. The highest BCUT2D eigenvalue weighted by molar-refractivity contribution is 5.95. The summed E-state index contributed by atoms with van der Waals surface area (Å²) in [5.41, 5.74) is 2.40. The van der Waals surface area contributed by atoms with Gasteiger partial charge in [-0.3, -0.25) is 9.36 Å². The first-order valence-corrected chi connectivity index (χ1v) is 11.6. The number of nitrogens with one attached hydrogen (secondary N) is 1. The first-order valence-electron chi connectivity index (χ1n) is 11.6. The third-order valence-corrected chi connectivity index (χ3v) is 7.13. The Kier molecular flexibility index (Phi) is 5.23. The maximum atomic E-state index is 14.2. The number of rotatable bonds is 3. The van der Waals surface area contributed by atoms with Gasteiger partial charge >= 0.3 is 0 Å². The van der Waals surface area contributed by atoms with Gasteiger partial charge in [0.2, 0.25) is 0 Å². The number of carbonyl (C=O) groups excluding carboxylic acids is 1. The van der Waals surface area contributed by atoms with E-state index in [1.165, 1.54) is 6.20 Å². The Bertz CT molecular complexity index is 1300. The van der Waals surface area contributed by atoms with Crippen molar-refractivity contribution in [2.75, 3.05) is 7.05 Å². The summed E-state index contributed by atoms with van der Waals surface area (Å²) < 4.78 is 43.8. The third kappa shape index (κ3) is 3.55. The van der Waals surface area contributed by atoms with Gasteiger partial charge in [0.25, 0.3) is 5.91 Å². The molecule has 1 saturated heterocycles. The number of pyridine rings is 1. The van der Waals surface area contributed by atoms with Gasteiger partial charge in [-0.05, 0) is 61.1 Å². The topological polar surface area (TPSA) is 66.3 Å². The average Bonchev–Trinajstić information content (AvgIpc) is 3.49. The van der Waals surface area contributed by atoms with E-state index < -0.39 is 23.5 Å². The van der Waals surface area contributed by atoms with Crippen LogP contribution in [-0.4, -0.2) is 49.6 Å². The predicted octanol–water partition coefficient (Wildman–Crippen LogP) is 3.90. The van der Waals surface area contributed by atoms with Crippen molar-refractivity contribution in [1.29, 1.82) is 0 Å². The van der Waals surface area contributed by atoms with E-state index in [1.54, 1.807) is 52.5 Å². The number of fused-ring (bicyclic) bond motifs is 3. The fraction of sp³-hybridized carbons (Fsp3) is 0.320. The molecule has 35 heavy (non-hydrogen) atoms. The van der Waals surface area contributed by atoms with Crippen LogP contribution in [-0.2, 0) is 0 Å². The number of halogens is 3. The second-order valence-corrected chi connectivity index (χ2v) is 9.23. The van der Waals surface area contributed by atoms with E-state index in [1.807, 2.05) is 0 Å². The lowest BCUT2D eigenvalue weighted by molar-refractivity contribution is 0.0209. The van der Waals surface area contributed by atoms with E-state index in [0.717, 1.165) is 42.7 Å². The molecule has 0 saturated carbocycles. The summed E-state index contributed by atoms with van der Waals surface area (Å²) in [4.78, 5) is 22.2. The third-order valence-electron chi connectivity index (χ3n) is 7.13. The van der Waals surface area contributed by atoms with Crippen LogP contribution in [0.5, 0.6) is 0 Å². The van der Waals surface area contributed by atoms with Crippen LogP contribution < -0.4 is 5.32 Å². The highest BCUT2D eigenvalue weighted by Gasteiger charge is 2.48. The molecule has 2 bridgehead atoms. The van der Waals surface area contributed by atoms with Gasteiger partial charge in [-0.25, -0.2) is 33.2 Å². The zero-order valence-corrected chi connectivity index (χ0v) is 19.0. The SMILES string of the molecule is CN1C(c2cc(F)c(F)c(F)c2)C2=C([C@@H]3CCC[C@H](C2)N3)N1C(=O)c1ccc(-n2ccnc2)nc1. The summed E-state index contributed by atoms with van der Waals surface area (Å²) in [5, 5.41) is 6.89. The minimum absolute atomic E-state index is 0.0535. The Labute approximate surface area is 199 Å². The number of likely N-dealkylation sites (N-methyl/N-ethyl adjacent to an activating group) is 1. The molecule has 1 fully saturated rings. The maximum Gasteiger partial charge on any atom is 0.274 e. The molecule has 10 heteroatoms. The Morgan fingerprint density at radius 3 is 2.63 bits per heavy atom. The number of imidazole rings is 1. The molecule has 0 radical (unpaired) electrons. The number of amides is 1. The van der Waals surface area contributed by atoms with Crippen molar-refractivity contribution >= 4 is 5.91 Å². The lowest BCUT2D eigenvalue weighted by Gasteiger charge is -2.39. The van der Waals surface area contributed by atoms with Crippen LogP contribution >= 0.6 is 0 Å². The fourth-order valence-electron chi connectivity index (χ4n) is 5.62. The van der Waals surface area contributed by atoms with Crippen LogP contribution in [0.2, 0.25) is 0 Å². The number of hydrogen-bond donors (Lipinski definition) is 1. The van der Waals surface area contributed by atoms with Crippen LogP contribution in [0.1, 0.15) is 47.6 Å². The van der Waals surface area contributed by atoms with Crippen LogP contribution in [0.25, 0.3) is 5.82 Å². The first-order chi connectivity index (χ1) is 16.9. The van der Waals surface area contributed by atoms with E-state index in [-0.39, 0.29) is 23.6 Å². The van der Waals surface area contributed by atoms with Gasteiger partial charge in [-0.2, -0.15) is 0 Å².